The van der Waals surface area contributed by atoms with Crippen molar-refractivity contribution in [3.8, 4) is 11.3 Å². The number of nitrogens with zero attached hydrogens (tertiary/aromatic N) is 1. The summed E-state index contributed by atoms with van der Waals surface area (Å²) < 4.78 is 11.1. The van der Waals surface area contributed by atoms with E-state index in [1.54, 1.807) is 36.4 Å². The number of hydrogen-bond acceptors (Lipinski definition) is 4. The number of benzene rings is 2. The van der Waals surface area contributed by atoms with Crippen LogP contribution in [0.3, 0.4) is 0 Å². The average molecular weight is 398 g/mol. The van der Waals surface area contributed by atoms with Crippen LogP contribution < -0.4 is 0 Å². The first-order chi connectivity index (χ1) is 13.0. The fraction of sp³-hybridized carbons (Fsp3) is 0.0476. The number of aliphatic imine (C=N–C) groups is 1. The summed E-state index contributed by atoms with van der Waals surface area (Å²) in [6.07, 6.45) is 1.54. The number of rotatable bonds is 3. The second kappa shape index (κ2) is 7.06. The second-order valence-corrected chi connectivity index (χ2v) is 6.82. The van der Waals surface area contributed by atoms with E-state index >= 15 is 0 Å². The molecule has 4 rings (SSSR count). The number of carbonyl (C=O) groups is 1. The van der Waals surface area contributed by atoms with Gasteiger partial charge in [-0.05, 0) is 48.9 Å². The van der Waals surface area contributed by atoms with Gasteiger partial charge in [-0.3, -0.25) is 0 Å². The molecule has 0 unspecified atom stereocenters. The van der Waals surface area contributed by atoms with Crippen molar-refractivity contribution < 1.29 is 13.9 Å². The number of esters is 1. The Morgan fingerprint density at radius 3 is 2.59 bits per heavy atom. The van der Waals surface area contributed by atoms with E-state index in [0.717, 1.165) is 11.1 Å². The maximum Gasteiger partial charge on any atom is 0.363 e. The molecular weight excluding hydrogens is 385 g/mol. The summed E-state index contributed by atoms with van der Waals surface area (Å²) in [5.74, 6) is 0.809. The largest absolute Gasteiger partial charge is 0.457 e. The van der Waals surface area contributed by atoms with Gasteiger partial charge in [-0.2, -0.15) is 0 Å². The summed E-state index contributed by atoms with van der Waals surface area (Å²) in [6.45, 7) is 1.93. The van der Waals surface area contributed by atoms with Crippen LogP contribution in [0.5, 0.6) is 0 Å². The van der Waals surface area contributed by atoms with Crippen molar-refractivity contribution >= 4 is 41.1 Å². The molecule has 0 amide bonds. The van der Waals surface area contributed by atoms with Crippen LogP contribution in [0.15, 0.2) is 69.7 Å². The highest BCUT2D eigenvalue weighted by Crippen LogP contribution is 2.32. The molecule has 27 heavy (non-hydrogen) atoms. The lowest BCUT2D eigenvalue weighted by Gasteiger charge is -2.02. The highest BCUT2D eigenvalue weighted by Gasteiger charge is 2.25. The Labute approximate surface area is 165 Å². The molecule has 0 fully saturated rings. The molecule has 1 aliphatic rings. The number of furan rings is 1. The van der Waals surface area contributed by atoms with Gasteiger partial charge in [0.15, 0.2) is 5.70 Å². The fourth-order valence-corrected chi connectivity index (χ4v) is 3.24. The third-order valence-electron chi connectivity index (χ3n) is 4.10. The summed E-state index contributed by atoms with van der Waals surface area (Å²) in [5.41, 5.74) is 2.64. The third-order valence-corrected chi connectivity index (χ3v) is 4.65. The van der Waals surface area contributed by atoms with Crippen LogP contribution in [0.2, 0.25) is 10.0 Å². The van der Waals surface area contributed by atoms with Crippen molar-refractivity contribution in [1.29, 1.82) is 0 Å². The lowest BCUT2D eigenvalue weighted by atomic mass is 10.1. The number of hydrogen-bond donors (Lipinski definition) is 0. The molecule has 1 aromatic heterocycles. The first kappa shape index (κ1) is 17.6. The fourth-order valence-electron chi connectivity index (χ4n) is 2.74. The minimum absolute atomic E-state index is 0.177. The maximum absolute atomic E-state index is 12.2. The van der Waals surface area contributed by atoms with Crippen molar-refractivity contribution in [2.45, 2.75) is 6.92 Å². The Bertz CT molecular complexity index is 1110. The zero-order valence-electron chi connectivity index (χ0n) is 14.2. The Hall–Kier alpha value is -2.82. The normalized spacial score (nSPS) is 15.1. The van der Waals surface area contributed by atoms with Crippen LogP contribution >= 0.6 is 23.2 Å². The van der Waals surface area contributed by atoms with Gasteiger partial charge in [0, 0.05) is 22.2 Å². The molecule has 4 nitrogen and oxygen atoms in total. The van der Waals surface area contributed by atoms with E-state index < -0.39 is 5.97 Å². The van der Waals surface area contributed by atoms with Crippen molar-refractivity contribution in [2.24, 2.45) is 4.99 Å². The van der Waals surface area contributed by atoms with Crippen molar-refractivity contribution in [1.82, 2.24) is 0 Å². The minimum Gasteiger partial charge on any atom is -0.457 e. The van der Waals surface area contributed by atoms with Crippen LogP contribution in [-0.4, -0.2) is 11.9 Å². The van der Waals surface area contributed by atoms with Gasteiger partial charge in [0.2, 0.25) is 5.90 Å². The molecule has 0 saturated heterocycles. The van der Waals surface area contributed by atoms with E-state index in [1.807, 2.05) is 31.2 Å². The molecule has 2 heterocycles. The lowest BCUT2D eigenvalue weighted by Crippen LogP contribution is -2.06. The topological polar surface area (TPSA) is 51.8 Å². The van der Waals surface area contributed by atoms with Crippen molar-refractivity contribution in [3.63, 3.8) is 0 Å². The molecule has 0 N–H and O–H groups in total. The van der Waals surface area contributed by atoms with E-state index in [1.165, 1.54) is 0 Å². The SMILES string of the molecule is Cc1ccccc1C1=NC(=Cc2ccc(-c3ccc(Cl)cc3Cl)o2)C(=O)O1. The Morgan fingerprint density at radius 2 is 1.81 bits per heavy atom. The molecule has 0 aliphatic carbocycles. The Balaban J connectivity index is 1.65. The minimum atomic E-state index is -0.518. The number of ether oxygens (including phenoxy) is 1. The monoisotopic (exact) mass is 397 g/mol. The quantitative estimate of drug-likeness (QED) is 0.407. The van der Waals surface area contributed by atoms with Crippen molar-refractivity contribution in [2.75, 3.05) is 0 Å². The standard InChI is InChI=1S/C21H13Cl2NO3/c1-12-4-2-3-5-15(12)20-24-18(21(25)27-20)11-14-7-9-19(26-14)16-8-6-13(22)10-17(16)23/h2-11H,1H3. The molecule has 0 saturated carbocycles. The number of carbonyl (C=O) groups excluding carboxylic acids is 1. The first-order valence-corrected chi connectivity index (χ1v) is 8.91. The predicted molar refractivity (Wildman–Crippen MR) is 106 cm³/mol. The zero-order valence-corrected chi connectivity index (χ0v) is 15.7. The third kappa shape index (κ3) is 3.54. The number of halogens is 2. The smallest absolute Gasteiger partial charge is 0.363 e. The molecule has 0 spiro atoms. The molecule has 2 aromatic carbocycles. The van der Waals surface area contributed by atoms with E-state index in [9.17, 15) is 4.79 Å². The van der Waals surface area contributed by atoms with Gasteiger partial charge < -0.3 is 9.15 Å². The highest BCUT2D eigenvalue weighted by atomic mass is 35.5. The van der Waals surface area contributed by atoms with E-state index in [4.69, 9.17) is 32.4 Å². The van der Waals surface area contributed by atoms with Crippen LogP contribution in [0.1, 0.15) is 16.9 Å². The summed E-state index contributed by atoms with van der Waals surface area (Å²) in [7, 11) is 0. The molecule has 1 aliphatic heterocycles. The maximum atomic E-state index is 12.2. The van der Waals surface area contributed by atoms with Gasteiger partial charge in [-0.25, -0.2) is 9.79 Å². The first-order valence-electron chi connectivity index (χ1n) is 8.15. The second-order valence-electron chi connectivity index (χ2n) is 5.98. The molecule has 0 atom stereocenters. The van der Waals surface area contributed by atoms with E-state index in [2.05, 4.69) is 4.99 Å². The van der Waals surface area contributed by atoms with Gasteiger partial charge >= 0.3 is 5.97 Å². The van der Waals surface area contributed by atoms with Gasteiger partial charge in [-0.1, -0.05) is 41.4 Å². The summed E-state index contributed by atoms with van der Waals surface area (Å²) in [5, 5.41) is 1.03. The Morgan fingerprint density at radius 1 is 1.00 bits per heavy atom. The van der Waals surface area contributed by atoms with Gasteiger partial charge in [0.25, 0.3) is 0 Å². The molecule has 134 valence electrons. The van der Waals surface area contributed by atoms with Crippen LogP contribution in [-0.2, 0) is 9.53 Å². The van der Waals surface area contributed by atoms with Crippen molar-refractivity contribution in [3.05, 3.63) is 87.2 Å². The number of cyclic esters (lactones) is 1. The van der Waals surface area contributed by atoms with E-state index in [0.29, 0.717) is 27.1 Å². The summed E-state index contributed by atoms with van der Waals surface area (Å²) in [4.78, 5) is 16.5. The molecular formula is C21H13Cl2NO3. The van der Waals surface area contributed by atoms with E-state index in [-0.39, 0.29) is 11.6 Å². The molecule has 0 bridgehead atoms. The van der Waals surface area contributed by atoms with Crippen LogP contribution in [0.25, 0.3) is 17.4 Å². The van der Waals surface area contributed by atoms with Crippen LogP contribution in [0.4, 0.5) is 0 Å². The summed E-state index contributed by atoms with van der Waals surface area (Å²) in [6, 6.07) is 16.2. The zero-order chi connectivity index (χ0) is 19.0. The average Bonchev–Trinajstić information content (AvgIpc) is 3.23. The van der Waals surface area contributed by atoms with Gasteiger partial charge in [0.05, 0.1) is 5.02 Å². The molecule has 3 aromatic rings. The lowest BCUT2D eigenvalue weighted by molar-refractivity contribution is -0.129. The van der Waals surface area contributed by atoms with Crippen LogP contribution in [0, 0.1) is 6.92 Å². The summed E-state index contributed by atoms with van der Waals surface area (Å²) >= 11 is 12.1. The molecule has 6 heteroatoms. The van der Waals surface area contributed by atoms with Gasteiger partial charge in [0.1, 0.15) is 11.5 Å². The van der Waals surface area contributed by atoms with Gasteiger partial charge in [-0.15, -0.1) is 0 Å². The molecule has 0 radical (unpaired) electrons. The Kier molecular flexibility index (Phi) is 4.60. The predicted octanol–water partition coefficient (Wildman–Crippen LogP) is 5.91. The number of aryl methyl sites for hydroxylation is 1. The highest BCUT2D eigenvalue weighted by molar-refractivity contribution is 6.36.